The van der Waals surface area contributed by atoms with E-state index in [1.54, 1.807) is 0 Å². The average molecular weight is 199 g/mol. The van der Waals surface area contributed by atoms with Crippen LogP contribution in [0.25, 0.3) is 0 Å². The van der Waals surface area contributed by atoms with E-state index in [1.807, 2.05) is 24.3 Å². The molecule has 0 radical (unpaired) electrons. The van der Waals surface area contributed by atoms with Gasteiger partial charge in [-0.15, -0.1) is 0 Å². The predicted molar refractivity (Wildman–Crippen MR) is 56.1 cm³/mol. The van der Waals surface area contributed by atoms with Gasteiger partial charge in [0.2, 0.25) is 0 Å². The topological polar surface area (TPSA) is 20.2 Å². The second-order valence-electron chi connectivity index (χ2n) is 3.27. The molecule has 2 heteroatoms. The van der Waals surface area contributed by atoms with Gasteiger partial charge in [0.25, 0.3) is 0 Å². The van der Waals surface area contributed by atoms with Gasteiger partial charge in [-0.05, 0) is 30.5 Å². The molecule has 0 unspecified atom stereocenters. The van der Waals surface area contributed by atoms with Crippen LogP contribution in [0.2, 0.25) is 5.02 Å². The molecule has 1 nitrogen and oxygen atoms in total. The largest absolute Gasteiger partial charge is 0.393 e. The Balaban J connectivity index is 2.49. The summed E-state index contributed by atoms with van der Waals surface area (Å²) in [4.78, 5) is 0. The lowest BCUT2D eigenvalue weighted by Gasteiger charge is -2.08. The van der Waals surface area contributed by atoms with Gasteiger partial charge in [-0.1, -0.05) is 37.1 Å². The smallest absolute Gasteiger partial charge is 0.0580 e. The first-order valence-electron chi connectivity index (χ1n) is 4.65. The summed E-state index contributed by atoms with van der Waals surface area (Å²) in [6.45, 7) is 2.07. The Bertz CT molecular complexity index is 243. The van der Waals surface area contributed by atoms with Crippen molar-refractivity contribution in [2.24, 2.45) is 0 Å². The lowest BCUT2D eigenvalue weighted by molar-refractivity contribution is 0.164. The fraction of sp³-hybridized carbons (Fsp3) is 0.455. The Labute approximate surface area is 84.4 Å². The molecule has 0 heterocycles. The third kappa shape index (κ3) is 3.79. The van der Waals surface area contributed by atoms with Crippen LogP contribution in [-0.2, 0) is 6.42 Å². The van der Waals surface area contributed by atoms with Crippen LogP contribution in [-0.4, -0.2) is 11.2 Å². The summed E-state index contributed by atoms with van der Waals surface area (Å²) in [6.07, 6.45) is 2.40. The normalized spacial score (nSPS) is 12.8. The van der Waals surface area contributed by atoms with Crippen molar-refractivity contribution in [2.75, 3.05) is 0 Å². The first kappa shape index (κ1) is 10.6. The zero-order chi connectivity index (χ0) is 9.68. The highest BCUT2D eigenvalue weighted by Crippen LogP contribution is 2.12. The molecule has 1 rings (SSSR count). The minimum absolute atomic E-state index is 0.217. The molecule has 1 aromatic rings. The first-order chi connectivity index (χ1) is 6.22. The summed E-state index contributed by atoms with van der Waals surface area (Å²) in [5, 5.41) is 10.3. The first-order valence-corrected chi connectivity index (χ1v) is 5.02. The molecule has 13 heavy (non-hydrogen) atoms. The van der Waals surface area contributed by atoms with E-state index in [1.165, 1.54) is 0 Å². The molecule has 0 aliphatic carbocycles. The molecular formula is C11H15ClO. The van der Waals surface area contributed by atoms with E-state index in [9.17, 15) is 5.11 Å². The van der Waals surface area contributed by atoms with Gasteiger partial charge in [-0.25, -0.2) is 0 Å². The van der Waals surface area contributed by atoms with Gasteiger partial charge in [0, 0.05) is 5.02 Å². The number of aliphatic hydroxyl groups excluding tert-OH is 1. The summed E-state index contributed by atoms with van der Waals surface area (Å²) < 4.78 is 0. The molecule has 0 saturated carbocycles. The van der Waals surface area contributed by atoms with Crippen LogP contribution in [0.4, 0.5) is 0 Å². The van der Waals surface area contributed by atoms with Crippen molar-refractivity contribution in [3.05, 3.63) is 34.9 Å². The maximum Gasteiger partial charge on any atom is 0.0580 e. The highest BCUT2D eigenvalue weighted by molar-refractivity contribution is 6.30. The molecule has 0 amide bonds. The van der Waals surface area contributed by atoms with Crippen molar-refractivity contribution in [3.63, 3.8) is 0 Å². The summed E-state index contributed by atoms with van der Waals surface area (Å²) >= 11 is 5.75. The van der Waals surface area contributed by atoms with Crippen molar-refractivity contribution < 1.29 is 5.11 Å². The van der Waals surface area contributed by atoms with E-state index in [0.717, 1.165) is 29.8 Å². The van der Waals surface area contributed by atoms with Crippen molar-refractivity contribution in [2.45, 2.75) is 32.3 Å². The van der Waals surface area contributed by atoms with E-state index in [0.29, 0.717) is 0 Å². The van der Waals surface area contributed by atoms with Crippen LogP contribution < -0.4 is 0 Å². The predicted octanol–water partition coefficient (Wildman–Crippen LogP) is 3.04. The third-order valence-electron chi connectivity index (χ3n) is 2.01. The summed E-state index contributed by atoms with van der Waals surface area (Å²) in [7, 11) is 0. The second kappa shape index (κ2) is 5.25. The van der Waals surface area contributed by atoms with Crippen LogP contribution in [0.3, 0.4) is 0 Å². The molecule has 72 valence electrons. The highest BCUT2D eigenvalue weighted by atomic mass is 35.5. The quantitative estimate of drug-likeness (QED) is 0.789. The lowest BCUT2D eigenvalue weighted by atomic mass is 10.1. The molecule has 1 atom stereocenters. The number of halogens is 1. The Morgan fingerprint density at radius 1 is 1.31 bits per heavy atom. The minimum atomic E-state index is -0.217. The summed E-state index contributed by atoms with van der Waals surface area (Å²) in [6, 6.07) is 7.63. The van der Waals surface area contributed by atoms with E-state index in [2.05, 4.69) is 6.92 Å². The number of rotatable bonds is 4. The summed E-state index contributed by atoms with van der Waals surface area (Å²) in [5.41, 5.74) is 1.14. The molecule has 1 N–H and O–H groups in total. The number of hydrogen-bond acceptors (Lipinski definition) is 1. The third-order valence-corrected chi connectivity index (χ3v) is 2.26. The Kier molecular flexibility index (Phi) is 4.26. The fourth-order valence-corrected chi connectivity index (χ4v) is 1.45. The second-order valence-corrected chi connectivity index (χ2v) is 3.71. The molecular weight excluding hydrogens is 184 g/mol. The standard InChI is InChI=1S/C11H15ClO/c1-2-3-11(13)8-9-4-6-10(12)7-5-9/h4-7,11,13H,2-3,8H2,1H3/t11-/m1/s1. The maximum atomic E-state index is 9.54. The number of benzene rings is 1. The molecule has 0 spiro atoms. The van der Waals surface area contributed by atoms with Gasteiger partial charge in [0.15, 0.2) is 0 Å². The lowest BCUT2D eigenvalue weighted by Crippen LogP contribution is -2.09. The Morgan fingerprint density at radius 3 is 2.46 bits per heavy atom. The molecule has 1 aromatic carbocycles. The Morgan fingerprint density at radius 2 is 1.92 bits per heavy atom. The van der Waals surface area contributed by atoms with Crippen LogP contribution in [0.15, 0.2) is 24.3 Å². The molecule has 0 aromatic heterocycles. The van der Waals surface area contributed by atoms with Crippen molar-refractivity contribution in [3.8, 4) is 0 Å². The van der Waals surface area contributed by atoms with Gasteiger partial charge in [0.1, 0.15) is 0 Å². The number of hydrogen-bond donors (Lipinski definition) is 1. The monoisotopic (exact) mass is 198 g/mol. The van der Waals surface area contributed by atoms with Crippen LogP contribution in [0.5, 0.6) is 0 Å². The zero-order valence-electron chi connectivity index (χ0n) is 7.83. The van der Waals surface area contributed by atoms with Gasteiger partial charge >= 0.3 is 0 Å². The van der Waals surface area contributed by atoms with Gasteiger partial charge < -0.3 is 5.11 Å². The molecule has 0 aliphatic heterocycles. The van der Waals surface area contributed by atoms with Gasteiger partial charge in [0.05, 0.1) is 6.10 Å². The number of aliphatic hydroxyl groups is 1. The molecule has 0 aliphatic rings. The van der Waals surface area contributed by atoms with E-state index < -0.39 is 0 Å². The van der Waals surface area contributed by atoms with Crippen LogP contribution in [0.1, 0.15) is 25.3 Å². The minimum Gasteiger partial charge on any atom is -0.393 e. The summed E-state index contributed by atoms with van der Waals surface area (Å²) in [5.74, 6) is 0. The van der Waals surface area contributed by atoms with E-state index in [-0.39, 0.29) is 6.10 Å². The van der Waals surface area contributed by atoms with Gasteiger partial charge in [-0.2, -0.15) is 0 Å². The van der Waals surface area contributed by atoms with Crippen molar-refractivity contribution in [1.29, 1.82) is 0 Å². The zero-order valence-corrected chi connectivity index (χ0v) is 8.59. The maximum absolute atomic E-state index is 9.54. The van der Waals surface area contributed by atoms with E-state index in [4.69, 9.17) is 11.6 Å². The van der Waals surface area contributed by atoms with Crippen molar-refractivity contribution in [1.82, 2.24) is 0 Å². The molecule has 0 saturated heterocycles. The Hall–Kier alpha value is -0.530. The van der Waals surface area contributed by atoms with Crippen molar-refractivity contribution >= 4 is 11.6 Å². The van der Waals surface area contributed by atoms with E-state index >= 15 is 0 Å². The average Bonchev–Trinajstić information content (AvgIpc) is 2.09. The fourth-order valence-electron chi connectivity index (χ4n) is 1.33. The van der Waals surface area contributed by atoms with Gasteiger partial charge in [-0.3, -0.25) is 0 Å². The van der Waals surface area contributed by atoms with Crippen LogP contribution in [0, 0.1) is 0 Å². The van der Waals surface area contributed by atoms with Crippen LogP contribution >= 0.6 is 11.6 Å². The SMILES string of the molecule is CCC[C@@H](O)Cc1ccc(Cl)cc1. The molecule has 0 fully saturated rings. The molecule has 0 bridgehead atoms. The highest BCUT2D eigenvalue weighted by Gasteiger charge is 2.03.